The Morgan fingerprint density at radius 1 is 0.914 bits per heavy atom. The van der Waals surface area contributed by atoms with Crippen molar-refractivity contribution in [1.29, 1.82) is 0 Å². The van der Waals surface area contributed by atoms with Crippen LogP contribution in [0.5, 0.6) is 0 Å². The Kier molecular flexibility index (Phi) is 10.8. The van der Waals surface area contributed by atoms with Crippen LogP contribution in [0.2, 0.25) is 0 Å². The van der Waals surface area contributed by atoms with Gasteiger partial charge in [0.05, 0.1) is 18.7 Å². The number of aromatic nitrogens is 4. The quantitative estimate of drug-likeness (QED) is 0.128. The first kappa shape index (κ1) is 27.5. The average molecular weight is 492 g/mol. The van der Waals surface area contributed by atoms with Crippen LogP contribution in [0.4, 0.5) is 0 Å². The zero-order valence-electron chi connectivity index (χ0n) is 19.5. The van der Waals surface area contributed by atoms with Crippen LogP contribution >= 0.6 is 0 Å². The molecule has 0 saturated carbocycles. The van der Waals surface area contributed by atoms with Crippen LogP contribution in [-0.4, -0.2) is 79.4 Å². The zero-order chi connectivity index (χ0) is 25.8. The topological polar surface area (TPSA) is 234 Å². The molecule has 0 aromatic carbocycles. The summed E-state index contributed by atoms with van der Waals surface area (Å²) in [6.45, 7) is 1.96. The lowest BCUT2D eigenvalue weighted by Crippen LogP contribution is -2.57. The molecule has 3 amide bonds. The molecule has 2 heterocycles. The van der Waals surface area contributed by atoms with E-state index in [1.807, 2.05) is 0 Å². The van der Waals surface area contributed by atoms with Gasteiger partial charge in [0.2, 0.25) is 17.7 Å². The molecule has 0 saturated heterocycles. The number of amides is 3. The molecule has 14 heteroatoms. The largest absolute Gasteiger partial charge is 0.480 e. The van der Waals surface area contributed by atoms with E-state index >= 15 is 0 Å². The summed E-state index contributed by atoms with van der Waals surface area (Å²) in [6, 6.07) is -4.17. The molecule has 192 valence electrons. The molecular formula is C21H33N9O5. The second-order valence-corrected chi connectivity index (χ2v) is 8.14. The summed E-state index contributed by atoms with van der Waals surface area (Å²) in [5.41, 5.74) is 12.4. The van der Waals surface area contributed by atoms with E-state index < -0.39 is 47.9 Å². The van der Waals surface area contributed by atoms with E-state index in [-0.39, 0.29) is 12.8 Å². The zero-order valence-corrected chi connectivity index (χ0v) is 19.5. The highest BCUT2D eigenvalue weighted by molar-refractivity contribution is 5.94. The van der Waals surface area contributed by atoms with Crippen molar-refractivity contribution in [3.05, 3.63) is 36.4 Å². The number of carbonyl (C=O) groups excluding carboxylic acids is 3. The monoisotopic (exact) mass is 491 g/mol. The fourth-order valence-electron chi connectivity index (χ4n) is 3.24. The van der Waals surface area contributed by atoms with Gasteiger partial charge in [-0.3, -0.25) is 14.4 Å². The third-order valence-corrected chi connectivity index (χ3v) is 5.26. The Morgan fingerprint density at radius 2 is 1.49 bits per heavy atom. The van der Waals surface area contributed by atoms with E-state index in [9.17, 15) is 24.3 Å². The Morgan fingerprint density at radius 3 is 2.00 bits per heavy atom. The molecule has 0 bridgehead atoms. The standard InChI is InChI=1S/C21H33N9O5/c1-12(28-19(32)15(23)4-2-3-5-22)18(31)29-16(6-13-8-24-10-26-13)20(33)30-17(21(34)35)7-14-9-25-11-27-14/h8-12,15-17H,2-7,22-23H2,1H3,(H,24,26)(H,25,27)(H,28,32)(H,29,31)(H,30,33)(H,34,35). The van der Waals surface area contributed by atoms with Crippen molar-refractivity contribution in [1.82, 2.24) is 35.9 Å². The molecule has 14 nitrogen and oxygen atoms in total. The van der Waals surface area contributed by atoms with Crippen molar-refractivity contribution >= 4 is 23.7 Å². The number of nitrogens with zero attached hydrogens (tertiary/aromatic N) is 2. The number of hydrogen-bond donors (Lipinski definition) is 8. The number of carbonyl (C=O) groups is 4. The highest BCUT2D eigenvalue weighted by Gasteiger charge is 2.29. The number of nitrogens with one attached hydrogen (secondary N) is 5. The van der Waals surface area contributed by atoms with Crippen molar-refractivity contribution in [2.45, 2.75) is 63.2 Å². The van der Waals surface area contributed by atoms with Gasteiger partial charge in [-0.25, -0.2) is 14.8 Å². The van der Waals surface area contributed by atoms with Gasteiger partial charge >= 0.3 is 5.97 Å². The summed E-state index contributed by atoms with van der Waals surface area (Å²) < 4.78 is 0. The summed E-state index contributed by atoms with van der Waals surface area (Å²) in [5.74, 6) is -3.09. The Hall–Kier alpha value is -3.78. The highest BCUT2D eigenvalue weighted by Crippen LogP contribution is 2.04. The molecular weight excluding hydrogens is 458 g/mol. The van der Waals surface area contributed by atoms with E-state index in [1.165, 1.54) is 32.0 Å². The molecule has 0 fully saturated rings. The van der Waals surface area contributed by atoms with E-state index in [4.69, 9.17) is 11.5 Å². The molecule has 4 atom stereocenters. The molecule has 35 heavy (non-hydrogen) atoms. The van der Waals surface area contributed by atoms with Gasteiger partial charge in [0, 0.05) is 36.6 Å². The van der Waals surface area contributed by atoms with Crippen LogP contribution < -0.4 is 27.4 Å². The van der Waals surface area contributed by atoms with Gasteiger partial charge in [0.1, 0.15) is 18.1 Å². The number of hydrogen-bond acceptors (Lipinski definition) is 8. The minimum Gasteiger partial charge on any atom is -0.480 e. The number of aliphatic carboxylic acids is 1. The van der Waals surface area contributed by atoms with E-state index in [0.717, 1.165) is 6.42 Å². The molecule has 10 N–H and O–H groups in total. The third-order valence-electron chi connectivity index (χ3n) is 5.26. The number of H-pyrrole nitrogens is 2. The smallest absolute Gasteiger partial charge is 0.326 e. The number of imidazole rings is 2. The Balaban J connectivity index is 2.03. The van der Waals surface area contributed by atoms with Gasteiger partial charge in [0.15, 0.2) is 0 Å². The van der Waals surface area contributed by atoms with Crippen molar-refractivity contribution in [3.8, 4) is 0 Å². The lowest BCUT2D eigenvalue weighted by molar-refractivity contribution is -0.142. The number of aromatic amines is 2. The number of carboxylic acid groups (broad SMARTS) is 1. The second-order valence-electron chi connectivity index (χ2n) is 8.14. The molecule has 0 aliphatic carbocycles. The maximum absolute atomic E-state index is 13.0. The molecule has 0 spiro atoms. The summed E-state index contributed by atoms with van der Waals surface area (Å²) in [4.78, 5) is 63.1. The molecule has 4 unspecified atom stereocenters. The lowest BCUT2D eigenvalue weighted by Gasteiger charge is -2.23. The van der Waals surface area contributed by atoms with Gasteiger partial charge in [-0.15, -0.1) is 0 Å². The average Bonchev–Trinajstić information content (AvgIpc) is 3.52. The van der Waals surface area contributed by atoms with E-state index in [2.05, 4.69) is 35.9 Å². The summed E-state index contributed by atoms with van der Waals surface area (Å²) in [6.07, 6.45) is 7.59. The molecule has 0 aliphatic heterocycles. The van der Waals surface area contributed by atoms with Crippen LogP contribution in [0.3, 0.4) is 0 Å². The summed E-state index contributed by atoms with van der Waals surface area (Å²) in [7, 11) is 0. The molecule has 2 aromatic heterocycles. The van der Waals surface area contributed by atoms with Crippen molar-refractivity contribution in [2.24, 2.45) is 11.5 Å². The number of nitrogens with two attached hydrogens (primary N) is 2. The number of carboxylic acids is 1. The number of unbranched alkanes of at least 4 members (excludes halogenated alkanes) is 1. The third kappa shape index (κ3) is 9.17. The van der Waals surface area contributed by atoms with Crippen LogP contribution in [0, 0.1) is 0 Å². The normalized spacial score (nSPS) is 14.4. The van der Waals surface area contributed by atoms with Crippen LogP contribution in [0.15, 0.2) is 25.0 Å². The van der Waals surface area contributed by atoms with Gasteiger partial charge in [0.25, 0.3) is 0 Å². The van der Waals surface area contributed by atoms with Gasteiger partial charge < -0.3 is 42.5 Å². The number of rotatable bonds is 15. The fourth-order valence-corrected chi connectivity index (χ4v) is 3.24. The van der Waals surface area contributed by atoms with Gasteiger partial charge in [-0.05, 0) is 26.3 Å². The van der Waals surface area contributed by atoms with Crippen LogP contribution in [0.25, 0.3) is 0 Å². The Labute approximate surface area is 202 Å². The first-order chi connectivity index (χ1) is 16.7. The SMILES string of the molecule is CC(NC(=O)C(N)CCCCN)C(=O)NC(Cc1cnc[nH]1)C(=O)NC(Cc1cnc[nH]1)C(=O)O. The Bertz CT molecular complexity index is 949. The van der Waals surface area contributed by atoms with Crippen molar-refractivity contribution in [3.63, 3.8) is 0 Å². The minimum atomic E-state index is -1.26. The fraction of sp³-hybridized carbons (Fsp3) is 0.524. The summed E-state index contributed by atoms with van der Waals surface area (Å²) in [5, 5.41) is 17.1. The van der Waals surface area contributed by atoms with E-state index in [1.54, 1.807) is 0 Å². The predicted molar refractivity (Wildman–Crippen MR) is 125 cm³/mol. The first-order valence-corrected chi connectivity index (χ1v) is 11.2. The second kappa shape index (κ2) is 13.8. The minimum absolute atomic E-state index is 0.0211. The maximum atomic E-state index is 13.0. The van der Waals surface area contributed by atoms with Gasteiger partial charge in [-0.1, -0.05) is 6.42 Å². The molecule has 2 rings (SSSR count). The lowest BCUT2D eigenvalue weighted by atomic mass is 10.1. The molecule has 0 radical (unpaired) electrons. The van der Waals surface area contributed by atoms with E-state index in [0.29, 0.717) is 30.8 Å². The van der Waals surface area contributed by atoms with Crippen LogP contribution in [-0.2, 0) is 32.0 Å². The predicted octanol–water partition coefficient (Wildman–Crippen LogP) is -2.07. The molecule has 2 aromatic rings. The molecule has 0 aliphatic rings. The maximum Gasteiger partial charge on any atom is 0.326 e. The van der Waals surface area contributed by atoms with Crippen LogP contribution in [0.1, 0.15) is 37.6 Å². The van der Waals surface area contributed by atoms with Gasteiger partial charge in [-0.2, -0.15) is 0 Å². The van der Waals surface area contributed by atoms with Crippen molar-refractivity contribution < 1.29 is 24.3 Å². The van der Waals surface area contributed by atoms with Crippen molar-refractivity contribution in [2.75, 3.05) is 6.54 Å². The summed E-state index contributed by atoms with van der Waals surface area (Å²) >= 11 is 0. The first-order valence-electron chi connectivity index (χ1n) is 11.2. The highest BCUT2D eigenvalue weighted by atomic mass is 16.4.